The van der Waals surface area contributed by atoms with Gasteiger partial charge in [0.2, 0.25) is 173 Å². The van der Waals surface area contributed by atoms with Gasteiger partial charge in [0.25, 0.3) is 0 Å². The quantitative estimate of drug-likeness (QED) is 0.0474. The summed E-state index contributed by atoms with van der Waals surface area (Å²) in [7, 11) is 0. The van der Waals surface area contributed by atoms with Crippen LogP contribution in [-0.4, -0.2) is 295 Å². The normalized spacial score (nSPS) is 10.6. The predicted molar refractivity (Wildman–Crippen MR) is 423 cm³/mol. The summed E-state index contributed by atoms with van der Waals surface area (Å²) in [5.74, 6) is -69.2. The third-order valence-electron chi connectivity index (χ3n) is 18.0. The lowest BCUT2D eigenvalue weighted by Crippen LogP contribution is -2.04. The standard InChI is InChI=1S/C13H10O11.C13H10O10.4C13H10O9/c14-3(1-4(15)8(19)12(23)9(20)5(1)16)2-6(17)10(21)13(24)11(22)7(2)18;14-3-1-2(6(16)10(20)7(3)17)5(15)4-8(18)11(21)13(23)12(22)9(4)19;14-4-1-3(2-5(15)8(4)17)7(16)6-9(18)11(20)13(22)12(21)10(6)19;14-3-1-4(15)6(5(16)2-3)8(17)7-9(18)11(20)13(22)12(21)10(7)19;14-4-2-1-3(7(16)8(4)17)6(15)5-9(18)11(20)13(22)12(21)10(5)19;14-3-1-2-4(15)7(16)5(3)8(17)6-9(18)11(20)13(22)12(21)10(6)19/h15-24H;1,14,16-23H;1-2,14-15,17-22H;1-2,14-16,18-22H;1-2,14,16-22H;1-2,14-16,18-22H. The van der Waals surface area contributed by atoms with Crippen LogP contribution < -0.4 is 0 Å². The van der Waals surface area contributed by atoms with Crippen molar-refractivity contribution in [1.29, 1.82) is 0 Å². The monoisotopic (exact) mass is 1910 g/mol. The van der Waals surface area contributed by atoms with Gasteiger partial charge in [0.15, 0.2) is 132 Å². The van der Waals surface area contributed by atoms with E-state index in [2.05, 4.69) is 0 Å². The van der Waals surface area contributed by atoms with Crippen LogP contribution in [0.15, 0.2) is 54.6 Å². The van der Waals surface area contributed by atoms with Crippen molar-refractivity contribution in [3.8, 4) is 293 Å². The number of benzene rings is 12. The predicted octanol–water partition coefficient (Wildman–Crippen LogP) is 2.49. The van der Waals surface area contributed by atoms with Crippen LogP contribution in [0.25, 0.3) is 0 Å². The van der Waals surface area contributed by atoms with E-state index in [0.717, 1.165) is 36.4 Å². The average molecular weight is 1910 g/mol. The maximum Gasteiger partial charge on any atom is 0.208 e. The van der Waals surface area contributed by atoms with Crippen molar-refractivity contribution >= 4 is 34.7 Å². The number of rotatable bonds is 12. The highest BCUT2D eigenvalue weighted by Gasteiger charge is 2.40. The van der Waals surface area contributed by atoms with Gasteiger partial charge in [-0.3, -0.25) is 28.8 Å². The third kappa shape index (κ3) is 17.4. The first-order valence-electron chi connectivity index (χ1n) is 34.3. The smallest absolute Gasteiger partial charge is 0.208 e. The van der Waals surface area contributed by atoms with E-state index < -0.39 is 395 Å². The summed E-state index contributed by atoms with van der Waals surface area (Å²) in [5.41, 5.74) is -11.6. The van der Waals surface area contributed by atoms with Gasteiger partial charge in [-0.05, 0) is 42.5 Å². The Morgan fingerprint density at radius 1 is 0.119 bits per heavy atom. The summed E-state index contributed by atoms with van der Waals surface area (Å²) >= 11 is 0. The highest BCUT2D eigenvalue weighted by atomic mass is 16.4. The Hall–Kier alpha value is -21.5. The zero-order chi connectivity index (χ0) is 103. The zero-order valence-corrected chi connectivity index (χ0v) is 65.0. The van der Waals surface area contributed by atoms with Gasteiger partial charge in [-0.25, -0.2) is 0 Å². The fourth-order valence-electron chi connectivity index (χ4n) is 11.0. The Bertz CT molecular complexity index is 6720. The molecule has 0 heterocycles. The molecule has 0 atom stereocenters. The number of aromatic hydroxyl groups is 51. The number of carbonyl (C=O) groups excluding carboxylic acids is 6. The number of phenols is 51. The van der Waals surface area contributed by atoms with Gasteiger partial charge in [-0.2, -0.15) is 0 Å². The van der Waals surface area contributed by atoms with Gasteiger partial charge in [0.05, 0.1) is 11.1 Å². The lowest BCUT2D eigenvalue weighted by molar-refractivity contribution is 0.101. The minimum atomic E-state index is -1.68. The molecule has 12 aromatic rings. The molecule has 0 fully saturated rings. The topological polar surface area (TPSA) is 1130 Å². The van der Waals surface area contributed by atoms with Crippen LogP contribution in [0.5, 0.6) is 293 Å². The summed E-state index contributed by atoms with van der Waals surface area (Å²) in [6, 6.07) is 6.83. The molecule has 714 valence electrons. The highest BCUT2D eigenvalue weighted by molar-refractivity contribution is 6.21. The second kappa shape index (κ2) is 36.9. The summed E-state index contributed by atoms with van der Waals surface area (Å²) in [6.07, 6.45) is 0. The summed E-state index contributed by atoms with van der Waals surface area (Å²) < 4.78 is 0. The Morgan fingerprint density at radius 3 is 0.585 bits per heavy atom. The van der Waals surface area contributed by atoms with E-state index in [1.54, 1.807) is 0 Å². The fraction of sp³-hybridized carbons (Fsp3) is 0. The number of hydrogen-bond acceptors (Lipinski definition) is 57. The molecule has 12 aromatic carbocycles. The van der Waals surface area contributed by atoms with Crippen molar-refractivity contribution in [2.45, 2.75) is 0 Å². The number of phenolic OH excluding ortho intramolecular Hbond substituents is 51. The van der Waals surface area contributed by atoms with Gasteiger partial charge in [-0.15, -0.1) is 0 Å². The Balaban J connectivity index is 0.000000221. The molecule has 57 heteroatoms. The molecular formula is C78H60O57. The lowest BCUT2D eigenvalue weighted by Gasteiger charge is -2.14. The van der Waals surface area contributed by atoms with Gasteiger partial charge in [0, 0.05) is 17.7 Å². The Labute approximate surface area is 736 Å². The second-order valence-corrected chi connectivity index (χ2v) is 26.2. The first-order chi connectivity index (χ1) is 62.3. The molecule has 0 amide bonds. The highest BCUT2D eigenvalue weighted by Crippen LogP contribution is 2.61. The van der Waals surface area contributed by atoms with Gasteiger partial charge in [-0.1, -0.05) is 0 Å². The van der Waals surface area contributed by atoms with Crippen molar-refractivity contribution in [2.24, 2.45) is 0 Å². The molecule has 0 spiro atoms. The van der Waals surface area contributed by atoms with Gasteiger partial charge < -0.3 is 260 Å². The molecule has 135 heavy (non-hydrogen) atoms. The summed E-state index contributed by atoms with van der Waals surface area (Å²) in [4.78, 5) is 73.4. The molecule has 57 nitrogen and oxygen atoms in total. The molecule has 0 bridgehead atoms. The Kier molecular flexibility index (Phi) is 27.5. The van der Waals surface area contributed by atoms with E-state index in [1.807, 2.05) is 0 Å². The SMILES string of the molecule is O=C(c1c(O)c(O)c(O)c(O)c1O)c1c(O)c(O)c(O)c(O)c1O.O=C(c1c(O)cc(O)cc1O)c1c(O)c(O)c(O)c(O)c1O.O=C(c1c(O)ccc(O)c1O)c1c(O)c(O)c(O)c(O)c1O.O=C(c1cc(O)c(O)c(O)c1)c1c(O)c(O)c(O)c(O)c1O.O=C(c1cc(O)c(O)c(O)c1O)c1c(O)c(O)c(O)c(O)c1O.O=C(c1ccc(O)c(O)c1O)c1c(O)c(O)c(O)c(O)c1O. The molecule has 0 saturated carbocycles. The van der Waals surface area contributed by atoms with Crippen molar-refractivity contribution in [3.05, 3.63) is 121 Å². The molecule has 0 aromatic heterocycles. The van der Waals surface area contributed by atoms with Crippen molar-refractivity contribution in [1.82, 2.24) is 0 Å². The first-order valence-corrected chi connectivity index (χ1v) is 34.3. The van der Waals surface area contributed by atoms with Crippen molar-refractivity contribution in [3.63, 3.8) is 0 Å². The maximum atomic E-state index is 12.3. The van der Waals surface area contributed by atoms with Crippen LogP contribution in [0.2, 0.25) is 0 Å². The second-order valence-electron chi connectivity index (χ2n) is 26.2. The number of ketones is 6. The van der Waals surface area contributed by atoms with Crippen LogP contribution in [0, 0.1) is 0 Å². The summed E-state index contributed by atoms with van der Waals surface area (Å²) in [6.45, 7) is 0. The molecular weight excluding hydrogens is 1850 g/mol. The molecule has 12 rings (SSSR count). The number of hydrogen-bond donors (Lipinski definition) is 51. The van der Waals surface area contributed by atoms with E-state index in [4.69, 9.17) is 5.11 Å². The van der Waals surface area contributed by atoms with E-state index >= 15 is 0 Å². The molecule has 0 aliphatic rings. The van der Waals surface area contributed by atoms with Crippen LogP contribution in [0.3, 0.4) is 0 Å². The van der Waals surface area contributed by atoms with Crippen LogP contribution in [0.4, 0.5) is 0 Å². The number of carbonyl (C=O) groups is 6. The molecule has 0 aliphatic heterocycles. The molecule has 0 radical (unpaired) electrons. The van der Waals surface area contributed by atoms with Crippen molar-refractivity contribution < 1.29 is 289 Å². The third-order valence-corrected chi connectivity index (χ3v) is 18.0. The van der Waals surface area contributed by atoms with Crippen molar-refractivity contribution in [2.75, 3.05) is 0 Å². The summed E-state index contributed by atoms with van der Waals surface area (Å²) in [5, 5.41) is 481. The lowest BCUT2D eigenvalue weighted by atomic mass is 9.97. The van der Waals surface area contributed by atoms with E-state index in [0.29, 0.717) is 18.2 Å². The van der Waals surface area contributed by atoms with E-state index in [-0.39, 0.29) is 0 Å². The fourth-order valence-corrected chi connectivity index (χ4v) is 11.0. The van der Waals surface area contributed by atoms with E-state index in [9.17, 15) is 284 Å². The first kappa shape index (κ1) is 101. The minimum Gasteiger partial charge on any atom is -0.508 e. The maximum absolute atomic E-state index is 12.3. The van der Waals surface area contributed by atoms with Gasteiger partial charge in [0.1, 0.15) is 73.1 Å². The largest absolute Gasteiger partial charge is 0.508 e. The average Bonchev–Trinajstić information content (AvgIpc) is 0.764. The van der Waals surface area contributed by atoms with Crippen LogP contribution >= 0.6 is 0 Å². The molecule has 0 aliphatic carbocycles. The van der Waals surface area contributed by atoms with Crippen LogP contribution in [-0.2, 0) is 0 Å². The Morgan fingerprint density at radius 2 is 0.304 bits per heavy atom. The van der Waals surface area contributed by atoms with Gasteiger partial charge >= 0.3 is 0 Å². The van der Waals surface area contributed by atoms with Crippen LogP contribution in [0.1, 0.15) is 95.5 Å². The van der Waals surface area contributed by atoms with E-state index in [1.165, 1.54) is 0 Å². The minimum absolute atomic E-state index is 0.483. The molecule has 0 unspecified atom stereocenters. The zero-order valence-electron chi connectivity index (χ0n) is 65.0. The molecule has 0 saturated heterocycles. The molecule has 51 N–H and O–H groups in total.